The number of aromatic amines is 1. The van der Waals surface area contributed by atoms with Crippen molar-refractivity contribution < 1.29 is 4.79 Å². The van der Waals surface area contributed by atoms with Gasteiger partial charge in [0.05, 0.1) is 6.54 Å². The standard InChI is InChI=1S/C14H17N3O/c1-3-11-4-6-12(7-5-11)14(18)17(2)10-13-15-8-9-16-13/h4-9H,3,10H2,1-2H3,(H,15,16). The van der Waals surface area contributed by atoms with E-state index in [1.807, 2.05) is 24.3 Å². The summed E-state index contributed by atoms with van der Waals surface area (Å²) in [6.07, 6.45) is 4.42. The lowest BCUT2D eigenvalue weighted by Crippen LogP contribution is -2.26. The first-order valence-electron chi connectivity index (χ1n) is 6.03. The smallest absolute Gasteiger partial charge is 0.253 e. The summed E-state index contributed by atoms with van der Waals surface area (Å²) >= 11 is 0. The maximum atomic E-state index is 12.2. The molecule has 1 heterocycles. The number of carbonyl (C=O) groups excluding carboxylic acids is 1. The van der Waals surface area contributed by atoms with Gasteiger partial charge in [-0.1, -0.05) is 19.1 Å². The summed E-state index contributed by atoms with van der Waals surface area (Å²) in [5.41, 5.74) is 1.95. The molecule has 2 aromatic rings. The van der Waals surface area contributed by atoms with Gasteiger partial charge >= 0.3 is 0 Å². The topological polar surface area (TPSA) is 49.0 Å². The lowest BCUT2D eigenvalue weighted by Gasteiger charge is -2.15. The minimum absolute atomic E-state index is 0.00838. The van der Waals surface area contributed by atoms with Gasteiger partial charge in [-0.2, -0.15) is 0 Å². The molecular formula is C14H17N3O. The Kier molecular flexibility index (Phi) is 3.77. The van der Waals surface area contributed by atoms with Gasteiger partial charge in [-0.05, 0) is 24.1 Å². The lowest BCUT2D eigenvalue weighted by atomic mass is 10.1. The first kappa shape index (κ1) is 12.4. The number of nitrogens with one attached hydrogen (secondary N) is 1. The number of H-pyrrole nitrogens is 1. The van der Waals surface area contributed by atoms with Crippen LogP contribution in [0.15, 0.2) is 36.7 Å². The van der Waals surface area contributed by atoms with Gasteiger partial charge in [0, 0.05) is 25.0 Å². The third kappa shape index (κ3) is 2.77. The Labute approximate surface area is 107 Å². The van der Waals surface area contributed by atoms with E-state index in [9.17, 15) is 4.79 Å². The summed E-state index contributed by atoms with van der Waals surface area (Å²) < 4.78 is 0. The van der Waals surface area contributed by atoms with Crippen LogP contribution < -0.4 is 0 Å². The molecule has 0 spiro atoms. The van der Waals surface area contributed by atoms with Gasteiger partial charge in [-0.15, -0.1) is 0 Å². The largest absolute Gasteiger partial charge is 0.347 e. The molecule has 1 amide bonds. The predicted octanol–water partition coefficient (Wildman–Crippen LogP) is 2.24. The maximum Gasteiger partial charge on any atom is 0.253 e. The second-order valence-corrected chi connectivity index (χ2v) is 4.25. The molecule has 0 atom stereocenters. The van der Waals surface area contributed by atoms with Crippen molar-refractivity contribution in [1.82, 2.24) is 14.9 Å². The number of nitrogens with zero attached hydrogens (tertiary/aromatic N) is 2. The average Bonchev–Trinajstić information content (AvgIpc) is 2.91. The zero-order valence-corrected chi connectivity index (χ0v) is 10.7. The number of hydrogen-bond donors (Lipinski definition) is 1. The highest BCUT2D eigenvalue weighted by Gasteiger charge is 2.12. The lowest BCUT2D eigenvalue weighted by molar-refractivity contribution is 0.0782. The number of hydrogen-bond acceptors (Lipinski definition) is 2. The maximum absolute atomic E-state index is 12.2. The summed E-state index contributed by atoms with van der Waals surface area (Å²) in [6.45, 7) is 2.58. The van der Waals surface area contributed by atoms with Gasteiger partial charge in [-0.3, -0.25) is 4.79 Å². The molecule has 1 aromatic heterocycles. The molecule has 0 fully saturated rings. The monoisotopic (exact) mass is 243 g/mol. The van der Waals surface area contributed by atoms with E-state index >= 15 is 0 Å². The number of amides is 1. The van der Waals surface area contributed by atoms with Crippen LogP contribution in [0, 0.1) is 0 Å². The molecule has 4 nitrogen and oxygen atoms in total. The molecule has 0 aliphatic heterocycles. The molecule has 0 bridgehead atoms. The summed E-state index contributed by atoms with van der Waals surface area (Å²) in [5.74, 6) is 0.796. The van der Waals surface area contributed by atoms with Crippen LogP contribution in [0.25, 0.3) is 0 Å². The Morgan fingerprint density at radius 2 is 2.06 bits per heavy atom. The van der Waals surface area contributed by atoms with Gasteiger partial charge in [-0.25, -0.2) is 4.98 Å². The van der Waals surface area contributed by atoms with Gasteiger partial charge in [0.1, 0.15) is 5.82 Å². The van der Waals surface area contributed by atoms with Crippen LogP contribution in [0.5, 0.6) is 0 Å². The molecule has 0 radical (unpaired) electrons. The molecule has 0 saturated carbocycles. The number of aromatic nitrogens is 2. The summed E-state index contributed by atoms with van der Waals surface area (Å²) in [5, 5.41) is 0. The van der Waals surface area contributed by atoms with Crippen molar-refractivity contribution in [1.29, 1.82) is 0 Å². The van der Waals surface area contributed by atoms with Crippen LogP contribution in [-0.4, -0.2) is 27.8 Å². The second kappa shape index (κ2) is 5.49. The summed E-state index contributed by atoms with van der Waals surface area (Å²) in [7, 11) is 1.78. The van der Waals surface area contributed by atoms with Crippen LogP contribution in [0.2, 0.25) is 0 Å². The second-order valence-electron chi connectivity index (χ2n) is 4.25. The van der Waals surface area contributed by atoms with E-state index in [-0.39, 0.29) is 5.91 Å². The molecular weight excluding hydrogens is 226 g/mol. The molecule has 0 saturated heterocycles. The van der Waals surface area contributed by atoms with Crippen molar-refractivity contribution in [2.45, 2.75) is 19.9 Å². The van der Waals surface area contributed by atoms with Gasteiger partial charge in [0.25, 0.3) is 5.91 Å². The third-order valence-electron chi connectivity index (χ3n) is 2.90. The highest BCUT2D eigenvalue weighted by atomic mass is 16.2. The Morgan fingerprint density at radius 1 is 1.33 bits per heavy atom. The van der Waals surface area contributed by atoms with E-state index < -0.39 is 0 Å². The molecule has 0 aliphatic rings. The highest BCUT2D eigenvalue weighted by Crippen LogP contribution is 2.08. The summed E-state index contributed by atoms with van der Waals surface area (Å²) in [6, 6.07) is 7.74. The van der Waals surface area contributed by atoms with Crippen LogP contribution in [-0.2, 0) is 13.0 Å². The molecule has 0 unspecified atom stereocenters. The fourth-order valence-electron chi connectivity index (χ4n) is 1.78. The fraction of sp³-hybridized carbons (Fsp3) is 0.286. The van der Waals surface area contributed by atoms with Gasteiger partial charge in [0.2, 0.25) is 0 Å². The number of rotatable bonds is 4. The first-order chi connectivity index (χ1) is 8.70. The van der Waals surface area contributed by atoms with E-state index in [0.717, 1.165) is 12.2 Å². The summed E-state index contributed by atoms with van der Waals surface area (Å²) in [4.78, 5) is 20.9. The molecule has 18 heavy (non-hydrogen) atoms. The fourth-order valence-corrected chi connectivity index (χ4v) is 1.78. The minimum Gasteiger partial charge on any atom is -0.347 e. The first-order valence-corrected chi connectivity index (χ1v) is 6.03. The van der Waals surface area contributed by atoms with Crippen molar-refractivity contribution in [3.63, 3.8) is 0 Å². The van der Waals surface area contributed by atoms with Crippen LogP contribution in [0.1, 0.15) is 28.7 Å². The normalized spacial score (nSPS) is 10.3. The number of aryl methyl sites for hydroxylation is 1. The van der Waals surface area contributed by atoms with Crippen LogP contribution in [0.3, 0.4) is 0 Å². The highest BCUT2D eigenvalue weighted by molar-refractivity contribution is 5.94. The number of benzene rings is 1. The molecule has 1 aromatic carbocycles. The Hall–Kier alpha value is -2.10. The molecule has 1 N–H and O–H groups in total. The number of imidazole rings is 1. The molecule has 94 valence electrons. The van der Waals surface area contributed by atoms with Gasteiger partial charge < -0.3 is 9.88 Å². The van der Waals surface area contributed by atoms with Crippen molar-refractivity contribution in [3.05, 3.63) is 53.6 Å². The molecule has 2 rings (SSSR count). The van der Waals surface area contributed by atoms with E-state index in [1.54, 1.807) is 24.3 Å². The van der Waals surface area contributed by atoms with E-state index in [2.05, 4.69) is 16.9 Å². The van der Waals surface area contributed by atoms with Crippen LogP contribution in [0.4, 0.5) is 0 Å². The van der Waals surface area contributed by atoms with Crippen molar-refractivity contribution in [2.75, 3.05) is 7.05 Å². The van der Waals surface area contributed by atoms with Crippen molar-refractivity contribution in [3.8, 4) is 0 Å². The zero-order valence-electron chi connectivity index (χ0n) is 10.7. The zero-order chi connectivity index (χ0) is 13.0. The Bertz CT molecular complexity index is 502. The molecule has 0 aliphatic carbocycles. The predicted molar refractivity (Wildman–Crippen MR) is 70.2 cm³/mol. The quantitative estimate of drug-likeness (QED) is 0.895. The van der Waals surface area contributed by atoms with Gasteiger partial charge in [0.15, 0.2) is 0 Å². The Balaban J connectivity index is 2.05. The van der Waals surface area contributed by atoms with Crippen molar-refractivity contribution in [2.24, 2.45) is 0 Å². The van der Waals surface area contributed by atoms with Crippen LogP contribution >= 0.6 is 0 Å². The van der Waals surface area contributed by atoms with E-state index in [4.69, 9.17) is 0 Å². The van der Waals surface area contributed by atoms with E-state index in [1.165, 1.54) is 5.56 Å². The van der Waals surface area contributed by atoms with Crippen molar-refractivity contribution >= 4 is 5.91 Å². The molecule has 4 heteroatoms. The Morgan fingerprint density at radius 3 is 2.61 bits per heavy atom. The average molecular weight is 243 g/mol. The minimum atomic E-state index is 0.00838. The third-order valence-corrected chi connectivity index (χ3v) is 2.90. The number of carbonyl (C=O) groups is 1. The van der Waals surface area contributed by atoms with E-state index in [0.29, 0.717) is 12.1 Å². The SMILES string of the molecule is CCc1ccc(C(=O)N(C)Cc2ncc[nH]2)cc1.